The number of carbonyl (C=O) groups is 1. The smallest absolute Gasteiger partial charge is 0.478 e. The molecule has 2 aromatic carbocycles. The molecule has 0 saturated carbocycles. The predicted molar refractivity (Wildman–Crippen MR) is 86.6 cm³/mol. The minimum absolute atomic E-state index is 0.266. The number of fused-ring (bicyclic) bond motifs is 1. The second-order valence-corrected chi connectivity index (χ2v) is 6.64. The number of carboxylic acids is 1. The lowest BCUT2D eigenvalue weighted by molar-refractivity contribution is 0.00578. The van der Waals surface area contributed by atoms with Crippen LogP contribution in [0.15, 0.2) is 36.4 Å². The summed E-state index contributed by atoms with van der Waals surface area (Å²) in [6, 6.07) is 10.9. The van der Waals surface area contributed by atoms with Gasteiger partial charge in [-0.05, 0) is 50.0 Å². The Bertz CT molecular complexity index is 730. The van der Waals surface area contributed by atoms with E-state index in [1.807, 2.05) is 52.0 Å². The molecule has 0 radical (unpaired) electrons. The molecule has 2 aromatic rings. The van der Waals surface area contributed by atoms with E-state index in [4.69, 9.17) is 9.31 Å². The van der Waals surface area contributed by atoms with Crippen molar-refractivity contribution < 1.29 is 19.2 Å². The molecule has 0 spiro atoms. The molecule has 22 heavy (non-hydrogen) atoms. The number of aromatic carboxylic acids is 1. The van der Waals surface area contributed by atoms with E-state index in [1.54, 1.807) is 12.1 Å². The van der Waals surface area contributed by atoms with E-state index in [2.05, 4.69) is 0 Å². The van der Waals surface area contributed by atoms with E-state index in [0.717, 1.165) is 10.8 Å². The van der Waals surface area contributed by atoms with Crippen molar-refractivity contribution in [1.29, 1.82) is 0 Å². The van der Waals surface area contributed by atoms with Gasteiger partial charge in [-0.2, -0.15) is 0 Å². The van der Waals surface area contributed by atoms with Gasteiger partial charge in [0, 0.05) is 0 Å². The number of hydrogen-bond donors (Lipinski definition) is 1. The summed E-state index contributed by atoms with van der Waals surface area (Å²) >= 11 is 0. The fourth-order valence-electron chi connectivity index (χ4n) is 2.71. The van der Waals surface area contributed by atoms with Gasteiger partial charge in [0.15, 0.2) is 0 Å². The number of benzene rings is 2. The Hall–Kier alpha value is -1.85. The molecule has 1 fully saturated rings. The van der Waals surface area contributed by atoms with E-state index in [1.165, 1.54) is 0 Å². The lowest BCUT2D eigenvalue weighted by Crippen LogP contribution is -2.41. The fraction of sp³-hybridized carbons (Fsp3) is 0.353. The zero-order valence-corrected chi connectivity index (χ0v) is 13.2. The van der Waals surface area contributed by atoms with Gasteiger partial charge in [0.1, 0.15) is 0 Å². The zero-order chi connectivity index (χ0) is 16.1. The lowest BCUT2D eigenvalue weighted by atomic mass is 9.75. The maximum atomic E-state index is 11.6. The Morgan fingerprint density at radius 3 is 2.09 bits per heavy atom. The van der Waals surface area contributed by atoms with Gasteiger partial charge in [-0.1, -0.05) is 30.3 Å². The summed E-state index contributed by atoms with van der Waals surface area (Å²) in [5, 5.41) is 11.0. The van der Waals surface area contributed by atoms with Crippen LogP contribution in [0.25, 0.3) is 10.8 Å². The molecule has 0 amide bonds. The zero-order valence-electron chi connectivity index (χ0n) is 13.2. The molecule has 114 valence electrons. The number of carboxylic acid groups (broad SMARTS) is 1. The summed E-state index contributed by atoms with van der Waals surface area (Å²) in [6.07, 6.45) is 0. The van der Waals surface area contributed by atoms with Gasteiger partial charge in [0.2, 0.25) is 0 Å². The average Bonchev–Trinajstić information content (AvgIpc) is 2.66. The van der Waals surface area contributed by atoms with E-state index < -0.39 is 24.3 Å². The highest BCUT2D eigenvalue weighted by molar-refractivity contribution is 6.65. The second kappa shape index (κ2) is 4.83. The van der Waals surface area contributed by atoms with Crippen molar-refractivity contribution in [2.75, 3.05) is 0 Å². The van der Waals surface area contributed by atoms with Gasteiger partial charge in [0.25, 0.3) is 0 Å². The van der Waals surface area contributed by atoms with Crippen molar-refractivity contribution in [2.24, 2.45) is 0 Å². The molecule has 0 atom stereocenters. The fourth-order valence-corrected chi connectivity index (χ4v) is 2.71. The van der Waals surface area contributed by atoms with Crippen molar-refractivity contribution in [3.8, 4) is 0 Å². The topological polar surface area (TPSA) is 55.8 Å². The van der Waals surface area contributed by atoms with Gasteiger partial charge < -0.3 is 14.4 Å². The van der Waals surface area contributed by atoms with Gasteiger partial charge in [0.05, 0.1) is 16.8 Å². The molecule has 0 aromatic heterocycles. The van der Waals surface area contributed by atoms with Crippen molar-refractivity contribution in [3.05, 3.63) is 42.0 Å². The van der Waals surface area contributed by atoms with Crippen LogP contribution in [0, 0.1) is 0 Å². The van der Waals surface area contributed by atoms with Crippen molar-refractivity contribution >= 4 is 29.3 Å². The van der Waals surface area contributed by atoms with Crippen LogP contribution in [0.2, 0.25) is 0 Å². The van der Waals surface area contributed by atoms with Crippen LogP contribution < -0.4 is 5.46 Å². The van der Waals surface area contributed by atoms with Gasteiger partial charge in [-0.25, -0.2) is 4.79 Å². The van der Waals surface area contributed by atoms with Crippen LogP contribution in [-0.4, -0.2) is 29.4 Å². The molecule has 1 heterocycles. The Kier molecular flexibility index (Phi) is 3.31. The molecule has 0 unspecified atom stereocenters. The Morgan fingerprint density at radius 1 is 1.00 bits per heavy atom. The Labute approximate surface area is 130 Å². The van der Waals surface area contributed by atoms with Crippen LogP contribution in [0.5, 0.6) is 0 Å². The third-order valence-electron chi connectivity index (χ3n) is 4.67. The quantitative estimate of drug-likeness (QED) is 0.866. The van der Waals surface area contributed by atoms with E-state index in [0.29, 0.717) is 5.39 Å². The molecule has 5 heteroatoms. The van der Waals surface area contributed by atoms with Crippen molar-refractivity contribution in [1.82, 2.24) is 0 Å². The monoisotopic (exact) mass is 298 g/mol. The molecule has 3 rings (SSSR count). The van der Waals surface area contributed by atoms with E-state index >= 15 is 0 Å². The predicted octanol–water partition coefficient (Wildman–Crippen LogP) is 2.84. The molecular weight excluding hydrogens is 279 g/mol. The van der Waals surface area contributed by atoms with Crippen LogP contribution in [-0.2, 0) is 9.31 Å². The lowest BCUT2D eigenvalue weighted by Gasteiger charge is -2.32. The van der Waals surface area contributed by atoms with Crippen molar-refractivity contribution in [2.45, 2.75) is 38.9 Å². The minimum atomic E-state index is -0.949. The normalized spacial score (nSPS) is 19.5. The molecule has 0 aliphatic carbocycles. The van der Waals surface area contributed by atoms with Crippen LogP contribution >= 0.6 is 0 Å². The SMILES string of the molecule is CC1(C)OB(c2cccc3cccc(C(=O)O)c23)OC1(C)C. The van der Waals surface area contributed by atoms with Crippen LogP contribution in [0.4, 0.5) is 0 Å². The average molecular weight is 298 g/mol. The molecule has 1 aliphatic heterocycles. The second-order valence-electron chi connectivity index (χ2n) is 6.64. The summed E-state index contributed by atoms with van der Waals surface area (Å²) < 4.78 is 12.2. The first-order chi connectivity index (χ1) is 10.2. The van der Waals surface area contributed by atoms with Crippen LogP contribution in [0.1, 0.15) is 38.1 Å². The first kappa shape index (κ1) is 15.1. The minimum Gasteiger partial charge on any atom is -0.478 e. The van der Waals surface area contributed by atoms with Gasteiger partial charge in [-0.15, -0.1) is 0 Å². The van der Waals surface area contributed by atoms with Crippen LogP contribution in [0.3, 0.4) is 0 Å². The highest BCUT2D eigenvalue weighted by atomic mass is 16.7. The Morgan fingerprint density at radius 2 is 1.55 bits per heavy atom. The maximum absolute atomic E-state index is 11.6. The standard InChI is InChI=1S/C17H19BO4/c1-16(2)17(3,4)22-18(21-16)13-10-6-8-11-7-5-9-12(14(11)13)15(19)20/h5-10H,1-4H3,(H,19,20). The molecule has 1 N–H and O–H groups in total. The Balaban J connectivity index is 2.19. The van der Waals surface area contributed by atoms with Gasteiger partial charge >= 0.3 is 13.1 Å². The number of rotatable bonds is 2. The largest absolute Gasteiger partial charge is 0.495 e. The highest BCUT2D eigenvalue weighted by Crippen LogP contribution is 2.37. The van der Waals surface area contributed by atoms with Gasteiger partial charge in [-0.3, -0.25) is 0 Å². The first-order valence-corrected chi connectivity index (χ1v) is 7.33. The molecular formula is C17H19BO4. The summed E-state index contributed by atoms with van der Waals surface area (Å²) in [7, 11) is -0.575. The third-order valence-corrected chi connectivity index (χ3v) is 4.67. The summed E-state index contributed by atoms with van der Waals surface area (Å²) in [5.41, 5.74) is 0.104. The van der Waals surface area contributed by atoms with E-state index in [-0.39, 0.29) is 5.56 Å². The third kappa shape index (κ3) is 2.21. The van der Waals surface area contributed by atoms with E-state index in [9.17, 15) is 9.90 Å². The molecule has 4 nitrogen and oxygen atoms in total. The summed E-state index contributed by atoms with van der Waals surface area (Å²) in [5.74, 6) is -0.949. The number of hydrogen-bond acceptors (Lipinski definition) is 3. The molecule has 1 saturated heterocycles. The maximum Gasteiger partial charge on any atom is 0.495 e. The molecule has 1 aliphatic rings. The summed E-state index contributed by atoms with van der Waals surface area (Å²) in [6.45, 7) is 7.93. The summed E-state index contributed by atoms with van der Waals surface area (Å²) in [4.78, 5) is 11.6. The molecule has 0 bridgehead atoms. The first-order valence-electron chi connectivity index (χ1n) is 7.33. The van der Waals surface area contributed by atoms with Crippen molar-refractivity contribution in [3.63, 3.8) is 0 Å². The highest BCUT2D eigenvalue weighted by Gasteiger charge is 2.52.